The van der Waals surface area contributed by atoms with Gasteiger partial charge in [0, 0.05) is 42.4 Å². The molecular weight excluding hydrogens is 398 g/mol. The first-order valence-electron chi connectivity index (χ1n) is 8.89. The summed E-state index contributed by atoms with van der Waals surface area (Å²) in [6, 6.07) is 6.72. The van der Waals surface area contributed by atoms with Crippen LogP contribution in [0, 0.1) is 17.6 Å². The molecule has 0 aliphatic carbocycles. The normalized spacial score (nSPS) is 16.3. The molecular formula is C20H16F2N4O2S. The van der Waals surface area contributed by atoms with Crippen LogP contribution in [0.3, 0.4) is 0 Å². The Labute approximate surface area is 169 Å². The van der Waals surface area contributed by atoms with Gasteiger partial charge in [-0.15, -0.1) is 11.3 Å². The number of rotatable bonds is 5. The lowest BCUT2D eigenvalue weighted by atomic mass is 10.1. The Morgan fingerprint density at radius 1 is 1.24 bits per heavy atom. The van der Waals surface area contributed by atoms with Crippen LogP contribution in [0.25, 0.3) is 11.3 Å². The third-order valence-corrected chi connectivity index (χ3v) is 5.49. The molecule has 3 heterocycles. The van der Waals surface area contributed by atoms with E-state index in [2.05, 4.69) is 15.3 Å². The highest BCUT2D eigenvalue weighted by molar-refractivity contribution is 7.09. The molecule has 1 fully saturated rings. The molecule has 29 heavy (non-hydrogen) atoms. The van der Waals surface area contributed by atoms with Gasteiger partial charge in [0.2, 0.25) is 11.8 Å². The molecule has 1 aromatic carbocycles. The molecule has 0 saturated carbocycles. The Balaban J connectivity index is 1.37. The van der Waals surface area contributed by atoms with Gasteiger partial charge in [0.1, 0.15) is 16.6 Å². The summed E-state index contributed by atoms with van der Waals surface area (Å²) in [5.74, 6) is -2.83. The maximum atomic E-state index is 14.0. The molecule has 6 nitrogen and oxygen atoms in total. The summed E-state index contributed by atoms with van der Waals surface area (Å²) >= 11 is 1.42. The minimum Gasteiger partial charge on any atom is -0.349 e. The van der Waals surface area contributed by atoms with Crippen molar-refractivity contribution < 1.29 is 18.4 Å². The summed E-state index contributed by atoms with van der Waals surface area (Å²) < 4.78 is 27.1. The second kappa shape index (κ2) is 8.04. The van der Waals surface area contributed by atoms with Gasteiger partial charge < -0.3 is 10.2 Å². The van der Waals surface area contributed by atoms with Crippen molar-refractivity contribution in [3.05, 3.63) is 64.7 Å². The maximum Gasteiger partial charge on any atom is 0.227 e. The molecule has 2 amide bonds. The highest BCUT2D eigenvalue weighted by Crippen LogP contribution is 2.28. The van der Waals surface area contributed by atoms with Crippen LogP contribution in [0.4, 0.5) is 14.5 Å². The zero-order valence-electron chi connectivity index (χ0n) is 15.1. The maximum absolute atomic E-state index is 14.0. The molecule has 0 spiro atoms. The van der Waals surface area contributed by atoms with E-state index < -0.39 is 17.6 Å². The molecule has 0 radical (unpaired) electrons. The Morgan fingerprint density at radius 2 is 2.03 bits per heavy atom. The van der Waals surface area contributed by atoms with Crippen molar-refractivity contribution in [1.82, 2.24) is 15.3 Å². The van der Waals surface area contributed by atoms with Crippen molar-refractivity contribution in [1.29, 1.82) is 0 Å². The molecule has 1 aliphatic heterocycles. The molecule has 1 atom stereocenters. The van der Waals surface area contributed by atoms with Gasteiger partial charge in [-0.2, -0.15) is 0 Å². The minimum absolute atomic E-state index is 0.0198. The largest absolute Gasteiger partial charge is 0.349 e. The van der Waals surface area contributed by atoms with Crippen LogP contribution in [-0.2, 0) is 16.1 Å². The first-order valence-corrected chi connectivity index (χ1v) is 9.77. The molecule has 1 N–H and O–H groups in total. The predicted octanol–water partition coefficient (Wildman–Crippen LogP) is 3.15. The second-order valence-corrected chi connectivity index (χ2v) is 7.52. The summed E-state index contributed by atoms with van der Waals surface area (Å²) in [5.41, 5.74) is 1.72. The number of anilines is 1. The number of hydrogen-bond acceptors (Lipinski definition) is 5. The van der Waals surface area contributed by atoms with E-state index >= 15 is 0 Å². The van der Waals surface area contributed by atoms with Crippen molar-refractivity contribution >= 4 is 28.8 Å². The number of carbonyl (C=O) groups is 2. The van der Waals surface area contributed by atoms with Gasteiger partial charge in [0.25, 0.3) is 0 Å². The highest BCUT2D eigenvalue weighted by atomic mass is 32.1. The number of aromatic nitrogens is 2. The van der Waals surface area contributed by atoms with E-state index in [1.807, 2.05) is 17.5 Å². The van der Waals surface area contributed by atoms with Crippen LogP contribution in [0.5, 0.6) is 0 Å². The number of nitrogens with zero attached hydrogens (tertiary/aromatic N) is 3. The number of amides is 2. The van der Waals surface area contributed by atoms with Gasteiger partial charge in [0.15, 0.2) is 0 Å². The molecule has 0 bridgehead atoms. The third-order valence-electron chi connectivity index (χ3n) is 4.64. The Morgan fingerprint density at radius 3 is 2.79 bits per heavy atom. The third kappa shape index (κ3) is 4.14. The van der Waals surface area contributed by atoms with E-state index in [0.29, 0.717) is 0 Å². The molecule has 148 valence electrons. The molecule has 4 rings (SSSR count). The SMILES string of the molecule is O=C(NCc1nc(-c2ccncc2)cs1)C1CC(=O)N(c2ccc(F)cc2F)C1. The summed E-state index contributed by atoms with van der Waals surface area (Å²) in [7, 11) is 0. The summed E-state index contributed by atoms with van der Waals surface area (Å²) in [6.45, 7) is 0.289. The van der Waals surface area contributed by atoms with E-state index in [1.54, 1.807) is 12.4 Å². The molecule has 1 unspecified atom stereocenters. The van der Waals surface area contributed by atoms with Gasteiger partial charge in [-0.1, -0.05) is 0 Å². The van der Waals surface area contributed by atoms with Crippen LogP contribution < -0.4 is 10.2 Å². The minimum atomic E-state index is -0.828. The summed E-state index contributed by atoms with van der Waals surface area (Å²) in [5, 5.41) is 5.42. The number of carbonyl (C=O) groups excluding carboxylic acids is 2. The summed E-state index contributed by atoms with van der Waals surface area (Å²) in [4.78, 5) is 34.4. The Bertz CT molecular complexity index is 1060. The highest BCUT2D eigenvalue weighted by Gasteiger charge is 2.36. The fraction of sp³-hybridized carbons (Fsp3) is 0.200. The second-order valence-electron chi connectivity index (χ2n) is 6.58. The van der Waals surface area contributed by atoms with E-state index in [1.165, 1.54) is 22.3 Å². The van der Waals surface area contributed by atoms with Crippen molar-refractivity contribution in [2.45, 2.75) is 13.0 Å². The van der Waals surface area contributed by atoms with E-state index in [4.69, 9.17) is 0 Å². The van der Waals surface area contributed by atoms with Crippen molar-refractivity contribution in [3.63, 3.8) is 0 Å². The monoisotopic (exact) mass is 414 g/mol. The quantitative estimate of drug-likeness (QED) is 0.696. The van der Waals surface area contributed by atoms with E-state index in [-0.39, 0.29) is 37.0 Å². The van der Waals surface area contributed by atoms with Gasteiger partial charge in [0.05, 0.1) is 23.8 Å². The molecule has 2 aromatic heterocycles. The lowest BCUT2D eigenvalue weighted by Gasteiger charge is -2.17. The number of thiazole rings is 1. The van der Waals surface area contributed by atoms with E-state index in [0.717, 1.165) is 28.4 Å². The fourth-order valence-electron chi connectivity index (χ4n) is 3.17. The van der Waals surface area contributed by atoms with Gasteiger partial charge in [-0.3, -0.25) is 14.6 Å². The van der Waals surface area contributed by atoms with Crippen LogP contribution >= 0.6 is 11.3 Å². The number of halogens is 2. The topological polar surface area (TPSA) is 75.2 Å². The van der Waals surface area contributed by atoms with Gasteiger partial charge in [-0.25, -0.2) is 13.8 Å². The fourth-order valence-corrected chi connectivity index (χ4v) is 3.91. The first kappa shape index (κ1) is 19.1. The number of pyridine rings is 1. The molecule has 1 saturated heterocycles. The van der Waals surface area contributed by atoms with Crippen molar-refractivity contribution in [2.24, 2.45) is 5.92 Å². The smallest absolute Gasteiger partial charge is 0.227 e. The van der Waals surface area contributed by atoms with Gasteiger partial charge >= 0.3 is 0 Å². The average molecular weight is 414 g/mol. The standard InChI is InChI=1S/C20H16F2N4O2S/c21-14-1-2-17(15(22)8-14)26-10-13(7-19(26)27)20(28)24-9-18-25-16(11-29-18)12-3-5-23-6-4-12/h1-6,8,11,13H,7,9-10H2,(H,24,28). The molecule has 1 aliphatic rings. The van der Waals surface area contributed by atoms with Crippen LogP contribution in [0.2, 0.25) is 0 Å². The molecule has 3 aromatic rings. The van der Waals surface area contributed by atoms with Gasteiger partial charge in [-0.05, 0) is 24.3 Å². The average Bonchev–Trinajstić information content (AvgIpc) is 3.34. The number of benzene rings is 1. The zero-order valence-corrected chi connectivity index (χ0v) is 16.0. The molecule has 9 heteroatoms. The van der Waals surface area contributed by atoms with Crippen molar-refractivity contribution in [2.75, 3.05) is 11.4 Å². The van der Waals surface area contributed by atoms with Crippen molar-refractivity contribution in [3.8, 4) is 11.3 Å². The van der Waals surface area contributed by atoms with Crippen LogP contribution in [0.1, 0.15) is 11.4 Å². The lowest BCUT2D eigenvalue weighted by molar-refractivity contribution is -0.126. The number of hydrogen-bond donors (Lipinski definition) is 1. The summed E-state index contributed by atoms with van der Waals surface area (Å²) in [6.07, 6.45) is 3.34. The lowest BCUT2D eigenvalue weighted by Crippen LogP contribution is -2.32. The predicted molar refractivity (Wildman–Crippen MR) is 104 cm³/mol. The zero-order chi connectivity index (χ0) is 20.4. The van der Waals surface area contributed by atoms with Crippen LogP contribution in [-0.4, -0.2) is 28.3 Å². The van der Waals surface area contributed by atoms with E-state index in [9.17, 15) is 18.4 Å². The first-order chi connectivity index (χ1) is 14.0. The Kier molecular flexibility index (Phi) is 5.30. The Hall–Kier alpha value is -3.20. The number of nitrogens with one attached hydrogen (secondary N) is 1. The van der Waals surface area contributed by atoms with Crippen LogP contribution in [0.15, 0.2) is 48.1 Å².